The SMILES string of the molecule is CCCC/C=C\CCCCCCCC(=O)OC(COCCCCCCCC/C=C\CCCCCCCC)COP(=O)([O-])OCC[N+](C)(C)C. The molecule has 0 aromatic rings. The van der Waals surface area contributed by atoms with Crippen LogP contribution in [0, 0.1) is 0 Å². The quantitative estimate of drug-likeness (QED) is 0.0208. The molecular formula is C40H78NO7P. The molecule has 8 nitrogen and oxygen atoms in total. The summed E-state index contributed by atoms with van der Waals surface area (Å²) in [4.78, 5) is 24.9. The molecule has 2 atom stereocenters. The molecule has 2 unspecified atom stereocenters. The average Bonchev–Trinajstić information content (AvgIpc) is 3.04. The number of likely N-dealkylation sites (N-methyl/N-ethyl adjacent to an activating group) is 1. The first-order valence-electron chi connectivity index (χ1n) is 20.1. The van der Waals surface area contributed by atoms with Crippen LogP contribution in [-0.2, 0) is 27.9 Å². The van der Waals surface area contributed by atoms with Crippen molar-refractivity contribution in [2.24, 2.45) is 0 Å². The fraction of sp³-hybridized carbons (Fsp3) is 0.875. The molecule has 0 aliphatic rings. The number of nitrogens with zero attached hydrogens (tertiary/aromatic N) is 1. The molecule has 0 spiro atoms. The van der Waals surface area contributed by atoms with Gasteiger partial charge in [0.15, 0.2) is 0 Å². The van der Waals surface area contributed by atoms with E-state index in [4.69, 9.17) is 18.5 Å². The number of unbranched alkanes of at least 4 members (excludes halogenated alkanes) is 19. The van der Waals surface area contributed by atoms with Crippen LogP contribution in [0.2, 0.25) is 0 Å². The van der Waals surface area contributed by atoms with Crippen molar-refractivity contribution in [1.82, 2.24) is 0 Å². The van der Waals surface area contributed by atoms with Crippen molar-refractivity contribution in [2.75, 3.05) is 54.1 Å². The molecule has 0 aliphatic carbocycles. The van der Waals surface area contributed by atoms with Crippen LogP contribution < -0.4 is 4.89 Å². The average molecular weight is 716 g/mol. The highest BCUT2D eigenvalue weighted by Crippen LogP contribution is 2.38. The number of phosphoric acid groups is 1. The lowest BCUT2D eigenvalue weighted by atomic mass is 10.1. The minimum absolute atomic E-state index is 0.0241. The van der Waals surface area contributed by atoms with E-state index in [-0.39, 0.29) is 25.8 Å². The minimum atomic E-state index is -4.52. The minimum Gasteiger partial charge on any atom is -0.756 e. The summed E-state index contributed by atoms with van der Waals surface area (Å²) in [7, 11) is 1.35. The van der Waals surface area contributed by atoms with Gasteiger partial charge in [0.2, 0.25) is 0 Å². The maximum absolute atomic E-state index is 12.6. The smallest absolute Gasteiger partial charge is 0.306 e. The van der Waals surface area contributed by atoms with Gasteiger partial charge in [-0.25, -0.2) is 0 Å². The predicted molar refractivity (Wildman–Crippen MR) is 204 cm³/mol. The van der Waals surface area contributed by atoms with E-state index in [0.29, 0.717) is 24.1 Å². The first-order chi connectivity index (χ1) is 23.6. The third kappa shape index (κ3) is 38.1. The molecule has 0 N–H and O–H groups in total. The summed E-state index contributed by atoms with van der Waals surface area (Å²) in [6.07, 6.45) is 36.1. The number of esters is 1. The Morgan fingerprint density at radius 1 is 0.612 bits per heavy atom. The third-order valence-corrected chi connectivity index (χ3v) is 9.44. The highest BCUT2D eigenvalue weighted by atomic mass is 31.2. The fourth-order valence-corrected chi connectivity index (χ4v) is 6.01. The van der Waals surface area contributed by atoms with Crippen LogP contribution in [0.4, 0.5) is 0 Å². The summed E-state index contributed by atoms with van der Waals surface area (Å²) >= 11 is 0. The lowest BCUT2D eigenvalue weighted by molar-refractivity contribution is -0.870. The Morgan fingerprint density at radius 2 is 1.08 bits per heavy atom. The Morgan fingerprint density at radius 3 is 1.61 bits per heavy atom. The molecule has 0 aromatic heterocycles. The lowest BCUT2D eigenvalue weighted by Crippen LogP contribution is -2.37. The number of rotatable bonds is 37. The van der Waals surface area contributed by atoms with E-state index in [9.17, 15) is 14.3 Å². The van der Waals surface area contributed by atoms with Gasteiger partial charge in [0.05, 0.1) is 34.4 Å². The Bertz CT molecular complexity index is 843. The molecule has 0 heterocycles. The van der Waals surface area contributed by atoms with Gasteiger partial charge in [0.25, 0.3) is 7.82 Å². The van der Waals surface area contributed by atoms with E-state index in [1.807, 2.05) is 21.1 Å². The van der Waals surface area contributed by atoms with Crippen molar-refractivity contribution in [1.29, 1.82) is 0 Å². The number of phosphoric ester groups is 1. The van der Waals surface area contributed by atoms with E-state index >= 15 is 0 Å². The van der Waals surface area contributed by atoms with Gasteiger partial charge in [-0.2, -0.15) is 0 Å². The van der Waals surface area contributed by atoms with Gasteiger partial charge in [0, 0.05) is 13.0 Å². The topological polar surface area (TPSA) is 94.1 Å². The van der Waals surface area contributed by atoms with Crippen LogP contribution in [0.5, 0.6) is 0 Å². The zero-order valence-corrected chi connectivity index (χ0v) is 33.5. The maximum Gasteiger partial charge on any atom is 0.306 e. The Kier molecular flexibility index (Phi) is 33.4. The first kappa shape index (κ1) is 48.0. The first-order valence-corrected chi connectivity index (χ1v) is 21.5. The number of hydrogen-bond donors (Lipinski definition) is 0. The zero-order valence-electron chi connectivity index (χ0n) is 32.6. The van der Waals surface area contributed by atoms with E-state index < -0.39 is 13.9 Å². The number of carbonyl (C=O) groups excluding carboxylic acids is 1. The monoisotopic (exact) mass is 716 g/mol. The summed E-state index contributed by atoms with van der Waals surface area (Å²) < 4.78 is 34.4. The number of hydrogen-bond acceptors (Lipinski definition) is 7. The molecule has 0 fully saturated rings. The van der Waals surface area contributed by atoms with Crippen molar-refractivity contribution >= 4 is 13.8 Å². The van der Waals surface area contributed by atoms with E-state index in [0.717, 1.165) is 44.9 Å². The molecule has 0 saturated heterocycles. The molecule has 0 aromatic carbocycles. The number of carbonyl (C=O) groups is 1. The molecular weight excluding hydrogens is 637 g/mol. The summed E-state index contributed by atoms with van der Waals surface area (Å²) in [5.41, 5.74) is 0. The normalized spacial score (nSPS) is 14.2. The van der Waals surface area contributed by atoms with Crippen molar-refractivity contribution in [3.8, 4) is 0 Å². The van der Waals surface area contributed by atoms with Gasteiger partial charge < -0.3 is 27.9 Å². The molecule has 9 heteroatoms. The highest BCUT2D eigenvalue weighted by molar-refractivity contribution is 7.45. The summed E-state index contributed by atoms with van der Waals surface area (Å²) in [6.45, 7) is 5.34. The Labute approximate surface area is 303 Å². The van der Waals surface area contributed by atoms with Crippen LogP contribution in [0.1, 0.15) is 168 Å². The van der Waals surface area contributed by atoms with Gasteiger partial charge in [-0.05, 0) is 57.8 Å². The maximum atomic E-state index is 12.6. The van der Waals surface area contributed by atoms with Crippen molar-refractivity contribution in [2.45, 2.75) is 174 Å². The van der Waals surface area contributed by atoms with Crippen LogP contribution in [-0.4, -0.2) is 70.7 Å². The Balaban J connectivity index is 4.27. The predicted octanol–water partition coefficient (Wildman–Crippen LogP) is 10.6. The molecule has 49 heavy (non-hydrogen) atoms. The van der Waals surface area contributed by atoms with Gasteiger partial charge in [-0.15, -0.1) is 0 Å². The number of allylic oxidation sites excluding steroid dienone is 4. The zero-order chi connectivity index (χ0) is 36.3. The number of quaternary nitrogens is 1. The van der Waals surface area contributed by atoms with Gasteiger partial charge in [-0.3, -0.25) is 9.36 Å². The molecule has 0 radical (unpaired) electrons. The molecule has 0 aliphatic heterocycles. The largest absolute Gasteiger partial charge is 0.756 e. The van der Waals surface area contributed by atoms with Crippen LogP contribution >= 0.6 is 7.82 Å². The summed E-state index contributed by atoms with van der Waals surface area (Å²) in [6, 6.07) is 0. The molecule has 0 saturated carbocycles. The van der Waals surface area contributed by atoms with Crippen LogP contribution in [0.15, 0.2) is 24.3 Å². The molecule has 0 bridgehead atoms. The fourth-order valence-electron chi connectivity index (χ4n) is 5.29. The summed E-state index contributed by atoms with van der Waals surface area (Å²) in [5, 5.41) is 0. The van der Waals surface area contributed by atoms with Crippen LogP contribution in [0.3, 0.4) is 0 Å². The van der Waals surface area contributed by atoms with E-state index in [1.54, 1.807) is 0 Å². The van der Waals surface area contributed by atoms with Gasteiger partial charge in [0.1, 0.15) is 19.3 Å². The van der Waals surface area contributed by atoms with Crippen molar-refractivity contribution in [3.63, 3.8) is 0 Å². The third-order valence-electron chi connectivity index (χ3n) is 8.48. The van der Waals surface area contributed by atoms with Crippen molar-refractivity contribution < 1.29 is 37.3 Å². The van der Waals surface area contributed by atoms with Gasteiger partial charge >= 0.3 is 5.97 Å². The standard InChI is InChI=1S/C40H78NO7P/c1-6-8-10-12-14-16-18-19-20-21-22-24-26-28-30-32-35-45-37-39(38-47-49(43,44)46-36-34-41(3,4)5)48-40(42)33-31-29-27-25-23-17-15-13-11-9-7-2/h13,15,19-20,39H,6-12,14,16-18,21-38H2,1-5H3/b15-13-,20-19-. The second kappa shape index (κ2) is 34.1. The second-order valence-electron chi connectivity index (χ2n) is 14.6. The van der Waals surface area contributed by atoms with E-state index in [1.165, 1.54) is 103 Å². The highest BCUT2D eigenvalue weighted by Gasteiger charge is 2.20. The van der Waals surface area contributed by atoms with Gasteiger partial charge in [-0.1, -0.05) is 128 Å². The van der Waals surface area contributed by atoms with Crippen molar-refractivity contribution in [3.05, 3.63) is 24.3 Å². The Hall–Kier alpha value is -1.02. The van der Waals surface area contributed by atoms with E-state index in [2.05, 4.69) is 38.2 Å². The second-order valence-corrected chi connectivity index (χ2v) is 16.0. The summed E-state index contributed by atoms with van der Waals surface area (Å²) in [5.74, 6) is -0.347. The molecule has 290 valence electrons. The lowest BCUT2D eigenvalue weighted by Gasteiger charge is -2.28. The molecule has 0 amide bonds. The molecule has 0 rings (SSSR count). The van der Waals surface area contributed by atoms with Crippen LogP contribution in [0.25, 0.3) is 0 Å². The number of ether oxygens (including phenoxy) is 2.